The maximum absolute atomic E-state index is 11.6. The molecule has 2 aromatic carbocycles. The fourth-order valence-corrected chi connectivity index (χ4v) is 4.72. The molecule has 2 atom stereocenters. The van der Waals surface area contributed by atoms with Crippen molar-refractivity contribution in [3.63, 3.8) is 0 Å². The van der Waals surface area contributed by atoms with Crippen LogP contribution >= 0.6 is 23.5 Å². The summed E-state index contributed by atoms with van der Waals surface area (Å²) >= 11 is 7.72. The number of rotatable bonds is 6. The molecular weight excluding hydrogens is 422 g/mol. The minimum absolute atomic E-state index is 0.00668. The van der Waals surface area contributed by atoms with E-state index in [0.717, 1.165) is 21.8 Å². The van der Waals surface area contributed by atoms with Crippen LogP contribution in [0.1, 0.15) is 47.0 Å². The Morgan fingerprint density at radius 3 is 2.87 bits per heavy atom. The van der Waals surface area contributed by atoms with Crippen LogP contribution in [-0.2, 0) is 0 Å². The van der Waals surface area contributed by atoms with Gasteiger partial charge in [0, 0.05) is 11.5 Å². The summed E-state index contributed by atoms with van der Waals surface area (Å²) in [4.78, 5) is 12.5. The summed E-state index contributed by atoms with van der Waals surface area (Å²) in [5.74, 6) is 0.466. The molecule has 1 aromatic heterocycles. The van der Waals surface area contributed by atoms with Crippen LogP contribution in [0.2, 0.25) is 5.02 Å². The van der Waals surface area contributed by atoms with Gasteiger partial charge >= 0.3 is 5.76 Å². The van der Waals surface area contributed by atoms with Crippen molar-refractivity contribution in [3.05, 3.63) is 80.1 Å². The van der Waals surface area contributed by atoms with Crippen LogP contribution in [0.5, 0.6) is 5.75 Å². The van der Waals surface area contributed by atoms with Crippen LogP contribution in [0.3, 0.4) is 0 Å². The number of aromatic nitrogens is 2. The summed E-state index contributed by atoms with van der Waals surface area (Å²) in [5.41, 5.74) is 4.44. The number of fused-ring (bicyclic) bond motifs is 1. The lowest BCUT2D eigenvalue weighted by molar-refractivity contribution is 0.349. The molecule has 3 aromatic rings. The maximum atomic E-state index is 11.6. The van der Waals surface area contributed by atoms with Crippen LogP contribution in [0, 0.1) is 13.8 Å². The smallest absolute Gasteiger partial charge is 0.434 e. The van der Waals surface area contributed by atoms with Gasteiger partial charge in [0.05, 0.1) is 9.92 Å². The lowest BCUT2D eigenvalue weighted by atomic mass is 9.88. The second-order valence-corrected chi connectivity index (χ2v) is 8.52. The predicted octanol–water partition coefficient (Wildman–Crippen LogP) is 5.18. The van der Waals surface area contributed by atoms with E-state index >= 15 is 0 Å². The Labute approximate surface area is 183 Å². The lowest BCUT2D eigenvalue weighted by Gasteiger charge is -2.25. The molecule has 30 heavy (non-hydrogen) atoms. The van der Waals surface area contributed by atoms with Crippen molar-refractivity contribution in [2.45, 2.75) is 37.6 Å². The Kier molecular flexibility index (Phi) is 6.04. The molecule has 6 nitrogen and oxygen atoms in total. The highest BCUT2D eigenvalue weighted by Crippen LogP contribution is 2.41. The lowest BCUT2D eigenvalue weighted by Crippen LogP contribution is -2.22. The molecule has 0 saturated carbocycles. The molecule has 2 heterocycles. The quantitative estimate of drug-likeness (QED) is 0.511. The van der Waals surface area contributed by atoms with Crippen molar-refractivity contribution in [1.29, 1.82) is 0 Å². The maximum Gasteiger partial charge on any atom is 0.434 e. The van der Waals surface area contributed by atoms with E-state index < -0.39 is 5.76 Å². The van der Waals surface area contributed by atoms with E-state index in [2.05, 4.69) is 47.8 Å². The van der Waals surface area contributed by atoms with Crippen molar-refractivity contribution in [2.75, 3.05) is 6.61 Å². The highest BCUT2D eigenvalue weighted by molar-refractivity contribution is 7.97. The summed E-state index contributed by atoms with van der Waals surface area (Å²) in [5, 5.41) is 7.09. The molecule has 0 bridgehead atoms. The Balaban J connectivity index is 1.66. The van der Waals surface area contributed by atoms with Crippen LogP contribution < -0.4 is 15.2 Å². The van der Waals surface area contributed by atoms with E-state index in [0.29, 0.717) is 17.5 Å². The van der Waals surface area contributed by atoms with E-state index in [1.807, 2.05) is 30.4 Å². The molecule has 1 aliphatic heterocycles. The zero-order valence-corrected chi connectivity index (χ0v) is 18.4. The molecule has 2 N–H and O–H groups in total. The van der Waals surface area contributed by atoms with Crippen molar-refractivity contribution in [3.8, 4) is 5.75 Å². The molecule has 8 heteroatoms. The van der Waals surface area contributed by atoms with Gasteiger partial charge in [0.25, 0.3) is 0 Å². The third kappa shape index (κ3) is 4.05. The number of hydrogen-bond acceptors (Lipinski definition) is 6. The van der Waals surface area contributed by atoms with E-state index in [4.69, 9.17) is 20.8 Å². The first kappa shape index (κ1) is 20.8. The van der Waals surface area contributed by atoms with E-state index in [9.17, 15) is 4.79 Å². The van der Waals surface area contributed by atoms with Crippen molar-refractivity contribution in [2.24, 2.45) is 0 Å². The second-order valence-electron chi connectivity index (χ2n) is 7.23. The Morgan fingerprint density at radius 1 is 1.27 bits per heavy atom. The number of nitrogens with one attached hydrogen (secondary N) is 2. The van der Waals surface area contributed by atoms with Crippen LogP contribution in [0.4, 0.5) is 0 Å². The summed E-state index contributed by atoms with van der Waals surface area (Å²) < 4.78 is 14.6. The van der Waals surface area contributed by atoms with Gasteiger partial charge < -0.3 is 9.15 Å². The van der Waals surface area contributed by atoms with Crippen molar-refractivity contribution < 1.29 is 9.15 Å². The second kappa shape index (κ2) is 8.71. The van der Waals surface area contributed by atoms with Gasteiger partial charge in [-0.25, -0.2) is 14.6 Å². The van der Waals surface area contributed by atoms with Gasteiger partial charge in [0.1, 0.15) is 18.4 Å². The summed E-state index contributed by atoms with van der Waals surface area (Å²) in [6, 6.07) is 9.63. The third-order valence-electron chi connectivity index (χ3n) is 5.37. The average molecular weight is 444 g/mol. The normalized spacial score (nSPS) is 14.8. The number of H-pyrrole nitrogens is 1. The number of benzene rings is 2. The SMILES string of the molecule is Cc1cccc(C(C)C(NSc2ccc(Cl)c3c2OCC=C3)c2n[nH]c(=O)o2)c1C. The first-order valence-corrected chi connectivity index (χ1v) is 10.8. The van der Waals surface area contributed by atoms with Crippen LogP contribution in [-0.4, -0.2) is 16.8 Å². The van der Waals surface area contributed by atoms with Gasteiger partial charge in [-0.2, -0.15) is 0 Å². The van der Waals surface area contributed by atoms with E-state index in [-0.39, 0.29) is 12.0 Å². The number of halogens is 1. The standard InChI is InChI=1S/C22H22ClN3O3S/c1-12-6-4-7-15(13(12)2)14(3)19(21-24-25-22(27)29-21)26-30-18-10-9-17(23)16-8-5-11-28-20(16)18/h4-10,14,19,26H,11H2,1-3H3,(H,25,27). The molecule has 156 valence electrons. The fraction of sp³-hybridized carbons (Fsp3) is 0.273. The number of hydrogen-bond donors (Lipinski definition) is 2. The van der Waals surface area contributed by atoms with Crippen LogP contribution in [0.25, 0.3) is 6.08 Å². The Morgan fingerprint density at radius 2 is 2.10 bits per heavy atom. The summed E-state index contributed by atoms with van der Waals surface area (Å²) in [7, 11) is 0. The molecule has 2 unspecified atom stereocenters. The van der Waals surface area contributed by atoms with Gasteiger partial charge in [0.15, 0.2) is 0 Å². The fourth-order valence-electron chi connectivity index (χ4n) is 3.55. The van der Waals surface area contributed by atoms with Gasteiger partial charge in [0.2, 0.25) is 5.89 Å². The molecule has 0 amide bonds. The van der Waals surface area contributed by atoms with Crippen molar-refractivity contribution >= 4 is 29.6 Å². The van der Waals surface area contributed by atoms with E-state index in [1.165, 1.54) is 23.1 Å². The largest absolute Gasteiger partial charge is 0.488 e. The van der Waals surface area contributed by atoms with E-state index in [1.54, 1.807) is 0 Å². The molecule has 0 spiro atoms. The van der Waals surface area contributed by atoms with Gasteiger partial charge in [-0.15, -0.1) is 5.10 Å². The first-order chi connectivity index (χ1) is 14.5. The summed E-state index contributed by atoms with van der Waals surface area (Å²) in [6.07, 6.45) is 3.90. The number of aromatic amines is 1. The number of nitrogens with zero attached hydrogens (tertiary/aromatic N) is 1. The molecule has 4 rings (SSSR count). The zero-order chi connectivity index (χ0) is 21.3. The topological polar surface area (TPSA) is 80.1 Å². The average Bonchev–Trinajstić information content (AvgIpc) is 3.17. The minimum Gasteiger partial charge on any atom is -0.488 e. The molecular formula is C22H22ClN3O3S. The number of aryl methyl sites for hydroxylation is 1. The van der Waals surface area contributed by atoms with Gasteiger partial charge in [-0.05, 0) is 60.7 Å². The monoisotopic (exact) mass is 443 g/mol. The molecule has 1 aliphatic rings. The summed E-state index contributed by atoms with van der Waals surface area (Å²) in [6.45, 7) is 6.77. The molecule has 0 saturated heterocycles. The Hall–Kier alpha value is -2.48. The zero-order valence-electron chi connectivity index (χ0n) is 16.9. The predicted molar refractivity (Wildman–Crippen MR) is 119 cm³/mol. The highest BCUT2D eigenvalue weighted by Gasteiger charge is 2.28. The van der Waals surface area contributed by atoms with Gasteiger partial charge in [-0.3, -0.25) is 0 Å². The van der Waals surface area contributed by atoms with Gasteiger partial charge in [-0.1, -0.05) is 42.8 Å². The number of ether oxygens (including phenoxy) is 1. The van der Waals surface area contributed by atoms with Crippen LogP contribution in [0.15, 0.2) is 50.5 Å². The molecule has 0 aliphatic carbocycles. The molecule has 0 radical (unpaired) electrons. The third-order valence-corrected chi connectivity index (χ3v) is 6.61. The molecule has 0 fully saturated rings. The highest BCUT2D eigenvalue weighted by atomic mass is 35.5. The Bertz CT molecular complexity index is 1150. The first-order valence-electron chi connectivity index (χ1n) is 9.61. The van der Waals surface area contributed by atoms with Crippen molar-refractivity contribution in [1.82, 2.24) is 14.9 Å². The minimum atomic E-state index is -0.577.